The zero-order chi connectivity index (χ0) is 13.5. The fraction of sp³-hybridized carbons (Fsp3) is 0.182. The van der Waals surface area contributed by atoms with E-state index in [0.717, 1.165) is 5.57 Å². The van der Waals surface area contributed by atoms with Crippen LogP contribution in [0.15, 0.2) is 45.8 Å². The van der Waals surface area contributed by atoms with Crippen LogP contribution in [-0.4, -0.2) is 20.7 Å². The van der Waals surface area contributed by atoms with Gasteiger partial charge in [-0.2, -0.15) is 0 Å². The molecular formula is C11H7BrCl3NO2. The summed E-state index contributed by atoms with van der Waals surface area (Å²) in [7, 11) is 0. The minimum Gasteiger partial charge on any atom is -0.478 e. The minimum absolute atomic E-state index is 0.133. The van der Waals surface area contributed by atoms with Gasteiger partial charge in [0.05, 0.1) is 5.70 Å². The Labute approximate surface area is 127 Å². The number of halogens is 4. The second kappa shape index (κ2) is 4.93. The van der Waals surface area contributed by atoms with E-state index in [9.17, 15) is 9.90 Å². The number of carboxylic acid groups (broad SMARTS) is 1. The van der Waals surface area contributed by atoms with Crippen LogP contribution in [0.2, 0.25) is 0 Å². The number of alkyl halides is 3. The quantitative estimate of drug-likeness (QED) is 0.731. The van der Waals surface area contributed by atoms with Crippen LogP contribution in [0, 0.1) is 0 Å². The maximum absolute atomic E-state index is 11.3. The number of nitrogens with one attached hydrogen (secondary N) is 1. The molecule has 1 aliphatic carbocycles. The summed E-state index contributed by atoms with van der Waals surface area (Å²) in [5, 5.41) is 13.0. The van der Waals surface area contributed by atoms with Crippen LogP contribution < -0.4 is 5.32 Å². The van der Waals surface area contributed by atoms with E-state index in [-0.39, 0.29) is 5.57 Å². The summed E-state index contributed by atoms with van der Waals surface area (Å²) in [6.07, 6.45) is 4.77. The number of carbonyl (C=O) groups is 1. The monoisotopic (exact) mass is 369 g/mol. The average molecular weight is 371 g/mol. The summed E-state index contributed by atoms with van der Waals surface area (Å²) in [5.41, 5.74) is 1.70. The van der Waals surface area contributed by atoms with E-state index in [1.165, 1.54) is 6.08 Å². The largest absolute Gasteiger partial charge is 0.478 e. The molecule has 0 amide bonds. The lowest BCUT2D eigenvalue weighted by Gasteiger charge is -2.29. The number of fused-ring (bicyclic) bond motifs is 1. The standard InChI is InChI=1S/C11H7BrCl3NO2/c12-3-5-1-6-7(13)2-11(14,15)8(10(17)18)9(6)16-4-5/h1-2,4,16H,3H2,(H,17,18). The molecule has 1 heterocycles. The Kier molecular flexibility index (Phi) is 3.83. The van der Waals surface area contributed by atoms with Crippen molar-refractivity contribution in [2.45, 2.75) is 4.33 Å². The molecule has 2 aliphatic rings. The zero-order valence-corrected chi connectivity index (χ0v) is 12.7. The van der Waals surface area contributed by atoms with Gasteiger partial charge in [0.25, 0.3) is 0 Å². The summed E-state index contributed by atoms with van der Waals surface area (Å²) >= 11 is 21.4. The van der Waals surface area contributed by atoms with E-state index >= 15 is 0 Å². The smallest absolute Gasteiger partial charge is 0.337 e. The molecule has 2 N–H and O–H groups in total. The second-order valence-electron chi connectivity index (χ2n) is 3.73. The molecule has 96 valence electrons. The van der Waals surface area contributed by atoms with Crippen LogP contribution in [-0.2, 0) is 4.79 Å². The lowest BCUT2D eigenvalue weighted by Crippen LogP contribution is -2.31. The Morgan fingerprint density at radius 3 is 2.72 bits per heavy atom. The number of rotatable bonds is 2. The van der Waals surface area contributed by atoms with Crippen molar-refractivity contribution in [3.8, 4) is 0 Å². The first kappa shape index (κ1) is 14.0. The highest BCUT2D eigenvalue weighted by Gasteiger charge is 2.41. The number of hydrogen-bond acceptors (Lipinski definition) is 2. The topological polar surface area (TPSA) is 49.3 Å². The van der Waals surface area contributed by atoms with Crippen LogP contribution >= 0.6 is 50.7 Å². The van der Waals surface area contributed by atoms with Crippen molar-refractivity contribution in [3.63, 3.8) is 0 Å². The first-order chi connectivity index (χ1) is 8.36. The fourth-order valence-electron chi connectivity index (χ4n) is 1.74. The Balaban J connectivity index is 2.62. The molecule has 0 saturated carbocycles. The van der Waals surface area contributed by atoms with Crippen LogP contribution in [0.1, 0.15) is 0 Å². The Hall–Kier alpha value is -0.420. The summed E-state index contributed by atoms with van der Waals surface area (Å²) in [6, 6.07) is 0. The molecule has 1 aliphatic heterocycles. The van der Waals surface area contributed by atoms with Crippen LogP contribution in [0.3, 0.4) is 0 Å². The highest BCUT2D eigenvalue weighted by molar-refractivity contribution is 9.09. The van der Waals surface area contributed by atoms with Crippen molar-refractivity contribution < 1.29 is 9.90 Å². The highest BCUT2D eigenvalue weighted by atomic mass is 79.9. The molecule has 0 spiro atoms. The maximum atomic E-state index is 11.3. The molecule has 0 saturated heterocycles. The number of hydrogen-bond donors (Lipinski definition) is 2. The summed E-state index contributed by atoms with van der Waals surface area (Å²) in [6.45, 7) is 0. The summed E-state index contributed by atoms with van der Waals surface area (Å²) in [4.78, 5) is 11.3. The number of allylic oxidation sites excluding steroid dienone is 4. The predicted molar refractivity (Wildman–Crippen MR) is 76.1 cm³/mol. The van der Waals surface area contributed by atoms with Crippen molar-refractivity contribution >= 4 is 56.7 Å². The molecular weight excluding hydrogens is 364 g/mol. The van der Waals surface area contributed by atoms with Gasteiger partial charge in [0.2, 0.25) is 0 Å². The van der Waals surface area contributed by atoms with E-state index in [1.54, 1.807) is 12.3 Å². The molecule has 0 fully saturated rings. The molecule has 0 unspecified atom stereocenters. The Morgan fingerprint density at radius 1 is 1.50 bits per heavy atom. The molecule has 0 aromatic heterocycles. The SMILES string of the molecule is O=C(O)C1=C2NC=C(CBr)C=C2C(Cl)=CC1(Cl)Cl. The van der Waals surface area contributed by atoms with E-state index in [4.69, 9.17) is 34.8 Å². The van der Waals surface area contributed by atoms with Crippen LogP contribution in [0.4, 0.5) is 0 Å². The normalized spacial score (nSPS) is 21.4. The van der Waals surface area contributed by atoms with Crippen molar-refractivity contribution in [3.05, 3.63) is 45.8 Å². The molecule has 7 heteroatoms. The van der Waals surface area contributed by atoms with Gasteiger partial charge >= 0.3 is 5.97 Å². The van der Waals surface area contributed by atoms with Gasteiger partial charge in [0, 0.05) is 22.1 Å². The third-order valence-electron chi connectivity index (χ3n) is 2.52. The van der Waals surface area contributed by atoms with E-state index in [1.807, 2.05) is 0 Å². The highest BCUT2D eigenvalue weighted by Crippen LogP contribution is 2.44. The minimum atomic E-state index is -1.65. The first-order valence-corrected chi connectivity index (χ1v) is 7.10. The number of carboxylic acids is 1. The molecule has 0 aromatic carbocycles. The zero-order valence-electron chi connectivity index (χ0n) is 8.81. The molecule has 0 aromatic rings. The molecule has 0 atom stereocenters. The van der Waals surface area contributed by atoms with Crippen molar-refractivity contribution in [1.82, 2.24) is 5.32 Å². The number of dihydropyridines is 1. The maximum Gasteiger partial charge on any atom is 0.337 e. The van der Waals surface area contributed by atoms with Gasteiger partial charge in [-0.15, -0.1) is 0 Å². The first-order valence-electron chi connectivity index (χ1n) is 4.85. The van der Waals surface area contributed by atoms with Crippen LogP contribution in [0.25, 0.3) is 0 Å². The summed E-state index contributed by atoms with van der Waals surface area (Å²) in [5.74, 6) is -1.19. The van der Waals surface area contributed by atoms with Crippen molar-refractivity contribution in [2.75, 3.05) is 5.33 Å². The fourth-order valence-corrected chi connectivity index (χ4v) is 3.06. The molecule has 2 rings (SSSR count). The van der Waals surface area contributed by atoms with Crippen LogP contribution in [0.5, 0.6) is 0 Å². The Morgan fingerprint density at radius 2 is 2.17 bits per heavy atom. The second-order valence-corrected chi connectivity index (χ2v) is 6.08. The lowest BCUT2D eigenvalue weighted by molar-refractivity contribution is -0.132. The lowest BCUT2D eigenvalue weighted by atomic mass is 9.93. The van der Waals surface area contributed by atoms with Gasteiger partial charge in [0.15, 0.2) is 4.33 Å². The van der Waals surface area contributed by atoms with Gasteiger partial charge in [-0.1, -0.05) is 50.7 Å². The predicted octanol–water partition coefficient (Wildman–Crippen LogP) is 3.44. The van der Waals surface area contributed by atoms with Gasteiger partial charge < -0.3 is 10.4 Å². The third kappa shape index (κ3) is 2.35. The van der Waals surface area contributed by atoms with Gasteiger partial charge in [0.1, 0.15) is 5.57 Å². The van der Waals surface area contributed by atoms with E-state index in [2.05, 4.69) is 21.2 Å². The average Bonchev–Trinajstić information content (AvgIpc) is 2.26. The molecule has 3 nitrogen and oxygen atoms in total. The van der Waals surface area contributed by atoms with E-state index in [0.29, 0.717) is 21.6 Å². The Bertz CT molecular complexity index is 546. The van der Waals surface area contributed by atoms with Gasteiger partial charge in [-0.05, 0) is 17.7 Å². The third-order valence-corrected chi connectivity index (χ3v) is 4.07. The van der Waals surface area contributed by atoms with Crippen molar-refractivity contribution in [1.29, 1.82) is 0 Å². The molecule has 0 radical (unpaired) electrons. The van der Waals surface area contributed by atoms with Crippen molar-refractivity contribution in [2.24, 2.45) is 0 Å². The molecule has 0 bridgehead atoms. The number of aliphatic carboxylic acids is 1. The van der Waals surface area contributed by atoms with Gasteiger partial charge in [-0.3, -0.25) is 0 Å². The van der Waals surface area contributed by atoms with E-state index < -0.39 is 10.3 Å². The van der Waals surface area contributed by atoms with Gasteiger partial charge in [-0.25, -0.2) is 4.79 Å². The molecule has 18 heavy (non-hydrogen) atoms. The summed E-state index contributed by atoms with van der Waals surface area (Å²) < 4.78 is -1.65.